The first-order valence-corrected chi connectivity index (χ1v) is 10.9. The molecule has 6 nitrogen and oxygen atoms in total. The topological polar surface area (TPSA) is 66.7 Å². The van der Waals surface area contributed by atoms with Gasteiger partial charge in [-0.1, -0.05) is 30.3 Å². The fourth-order valence-corrected chi connectivity index (χ4v) is 4.87. The summed E-state index contributed by atoms with van der Waals surface area (Å²) < 4.78 is 6.38. The zero-order chi connectivity index (χ0) is 20.5. The molecular formula is C22H25N3O3S. The Bertz CT molecular complexity index is 1040. The minimum atomic E-state index is -0.136. The number of aromatic nitrogens is 1. The summed E-state index contributed by atoms with van der Waals surface area (Å²) in [6.45, 7) is 7.03. The number of fused-ring (bicyclic) bond motifs is 1. The third-order valence-electron chi connectivity index (χ3n) is 5.77. The molecule has 3 heterocycles. The van der Waals surface area contributed by atoms with Gasteiger partial charge in [-0.3, -0.25) is 9.59 Å². The zero-order valence-corrected chi connectivity index (χ0v) is 17.7. The largest absolute Gasteiger partial charge is 0.361 e. The first-order chi connectivity index (χ1) is 14.0. The summed E-state index contributed by atoms with van der Waals surface area (Å²) in [6, 6.07) is 9.49. The Kier molecular flexibility index (Phi) is 5.41. The lowest BCUT2D eigenvalue weighted by Gasteiger charge is -2.44. The van der Waals surface area contributed by atoms with E-state index in [2.05, 4.69) is 12.1 Å². The third-order valence-corrected chi connectivity index (χ3v) is 6.73. The van der Waals surface area contributed by atoms with Crippen molar-refractivity contribution in [1.29, 1.82) is 0 Å². The van der Waals surface area contributed by atoms with Gasteiger partial charge >= 0.3 is 0 Å². The van der Waals surface area contributed by atoms with E-state index >= 15 is 0 Å². The van der Waals surface area contributed by atoms with E-state index in [1.807, 2.05) is 48.4 Å². The summed E-state index contributed by atoms with van der Waals surface area (Å²) in [7, 11) is 0. The fraction of sp³-hybridized carbons (Fsp3) is 0.409. The van der Waals surface area contributed by atoms with Crippen molar-refractivity contribution in [3.05, 3.63) is 52.7 Å². The van der Waals surface area contributed by atoms with Crippen LogP contribution in [-0.4, -0.2) is 51.9 Å². The lowest BCUT2D eigenvalue weighted by atomic mass is 10.0. The van der Waals surface area contributed by atoms with E-state index in [1.165, 1.54) is 0 Å². The molecule has 0 radical (unpaired) electrons. The van der Waals surface area contributed by atoms with Gasteiger partial charge in [0.2, 0.25) is 0 Å². The van der Waals surface area contributed by atoms with Crippen molar-refractivity contribution >= 4 is 33.2 Å². The van der Waals surface area contributed by atoms with Crippen molar-refractivity contribution in [2.75, 3.05) is 13.1 Å². The Labute approximate surface area is 174 Å². The van der Waals surface area contributed by atoms with Crippen molar-refractivity contribution in [3.8, 4) is 0 Å². The molecule has 2 aromatic heterocycles. The molecule has 0 aliphatic carbocycles. The van der Waals surface area contributed by atoms with Crippen LogP contribution < -0.4 is 0 Å². The van der Waals surface area contributed by atoms with Gasteiger partial charge in [-0.05, 0) is 26.3 Å². The van der Waals surface area contributed by atoms with E-state index in [4.69, 9.17) is 4.52 Å². The Morgan fingerprint density at radius 1 is 1.14 bits per heavy atom. The van der Waals surface area contributed by atoms with E-state index in [1.54, 1.807) is 22.3 Å². The number of hydrogen-bond acceptors (Lipinski definition) is 5. The molecule has 1 aliphatic heterocycles. The highest BCUT2D eigenvalue weighted by molar-refractivity contribution is 7.17. The van der Waals surface area contributed by atoms with E-state index in [-0.39, 0.29) is 23.9 Å². The van der Waals surface area contributed by atoms with Gasteiger partial charge in [0.1, 0.15) is 5.76 Å². The van der Waals surface area contributed by atoms with E-state index in [9.17, 15) is 9.59 Å². The Hall–Kier alpha value is -2.67. The molecule has 1 aliphatic rings. The maximum atomic E-state index is 13.3. The Balaban J connectivity index is 1.51. The molecule has 0 N–H and O–H groups in total. The minimum absolute atomic E-state index is 0.0283. The van der Waals surface area contributed by atoms with Crippen LogP contribution in [-0.2, 0) is 6.42 Å². The molecule has 1 fully saturated rings. The van der Waals surface area contributed by atoms with Crippen LogP contribution in [0.4, 0.5) is 0 Å². The van der Waals surface area contributed by atoms with Crippen molar-refractivity contribution in [2.24, 2.45) is 0 Å². The van der Waals surface area contributed by atoms with Crippen LogP contribution in [0.25, 0.3) is 10.1 Å². The highest BCUT2D eigenvalue weighted by atomic mass is 32.1. The summed E-state index contributed by atoms with van der Waals surface area (Å²) >= 11 is 1.59. The monoisotopic (exact) mass is 411 g/mol. The molecule has 1 saturated heterocycles. The fourth-order valence-electron chi connectivity index (χ4n) is 3.94. The zero-order valence-electron chi connectivity index (χ0n) is 16.9. The highest BCUT2D eigenvalue weighted by Crippen LogP contribution is 2.29. The molecule has 4 rings (SSSR count). The molecule has 0 saturated carbocycles. The second kappa shape index (κ2) is 7.99. The number of carbonyl (C=O) groups excluding carboxylic acids is 2. The molecular weight excluding hydrogens is 386 g/mol. The normalized spacial score (nSPS) is 19.7. The maximum absolute atomic E-state index is 13.3. The van der Waals surface area contributed by atoms with Gasteiger partial charge in [-0.2, -0.15) is 0 Å². The van der Waals surface area contributed by atoms with Crippen LogP contribution in [0, 0.1) is 0 Å². The van der Waals surface area contributed by atoms with E-state index in [0.717, 1.165) is 34.3 Å². The maximum Gasteiger partial charge on any atom is 0.276 e. The number of aryl methyl sites for hydroxylation is 1. The second-order valence-electron chi connectivity index (χ2n) is 7.55. The van der Waals surface area contributed by atoms with Crippen LogP contribution in [0.5, 0.6) is 0 Å². The first-order valence-electron chi connectivity index (χ1n) is 10.0. The first kappa shape index (κ1) is 19.6. The molecule has 1 aromatic carbocycles. The number of piperazine rings is 1. The molecule has 7 heteroatoms. The van der Waals surface area contributed by atoms with Crippen LogP contribution >= 0.6 is 11.3 Å². The number of hydrogen-bond donors (Lipinski definition) is 0. The Morgan fingerprint density at radius 2 is 1.83 bits per heavy atom. The second-order valence-corrected chi connectivity index (χ2v) is 8.46. The van der Waals surface area contributed by atoms with Gasteiger partial charge in [0.05, 0.1) is 5.56 Å². The average Bonchev–Trinajstić information content (AvgIpc) is 3.36. The summed E-state index contributed by atoms with van der Waals surface area (Å²) in [5, 5.41) is 6.88. The quantitative estimate of drug-likeness (QED) is 0.645. The van der Waals surface area contributed by atoms with E-state index in [0.29, 0.717) is 18.8 Å². The van der Waals surface area contributed by atoms with Gasteiger partial charge < -0.3 is 14.3 Å². The number of thiophene rings is 1. The predicted molar refractivity (Wildman–Crippen MR) is 113 cm³/mol. The van der Waals surface area contributed by atoms with Crippen molar-refractivity contribution in [1.82, 2.24) is 15.0 Å². The van der Waals surface area contributed by atoms with E-state index < -0.39 is 0 Å². The molecule has 2 amide bonds. The molecule has 0 spiro atoms. The molecule has 3 aromatic rings. The lowest BCUT2D eigenvalue weighted by molar-refractivity contribution is 0.0237. The molecule has 29 heavy (non-hydrogen) atoms. The van der Waals surface area contributed by atoms with Gasteiger partial charge in [0.15, 0.2) is 5.69 Å². The molecule has 0 bridgehead atoms. The summed E-state index contributed by atoms with van der Waals surface area (Å²) in [6.07, 6.45) is 1.71. The Morgan fingerprint density at radius 3 is 2.55 bits per heavy atom. The summed E-state index contributed by atoms with van der Waals surface area (Å²) in [5.41, 5.74) is 1.08. The number of nitrogens with zero attached hydrogens (tertiary/aromatic N) is 3. The number of carbonyl (C=O) groups is 2. The van der Waals surface area contributed by atoms with Crippen LogP contribution in [0.15, 0.2) is 40.2 Å². The van der Waals surface area contributed by atoms with Crippen molar-refractivity contribution in [2.45, 2.75) is 45.7 Å². The SMILES string of the molecule is CCCc1cc(C(=O)N2CCN(C(=O)c3csc4ccccc34)[C@H](C)[C@H]2C)no1. The van der Waals surface area contributed by atoms with Crippen LogP contribution in [0.3, 0.4) is 0 Å². The number of rotatable bonds is 4. The van der Waals surface area contributed by atoms with Crippen LogP contribution in [0.1, 0.15) is 53.8 Å². The van der Waals surface area contributed by atoms with Crippen LogP contribution in [0.2, 0.25) is 0 Å². The predicted octanol–water partition coefficient (Wildman–Crippen LogP) is 4.22. The molecule has 152 valence electrons. The van der Waals surface area contributed by atoms with Gasteiger partial charge in [-0.25, -0.2) is 0 Å². The highest BCUT2D eigenvalue weighted by Gasteiger charge is 2.37. The van der Waals surface area contributed by atoms with Gasteiger partial charge in [-0.15, -0.1) is 11.3 Å². The number of benzene rings is 1. The third kappa shape index (κ3) is 3.55. The smallest absolute Gasteiger partial charge is 0.276 e. The lowest BCUT2D eigenvalue weighted by Crippen LogP contribution is -2.60. The van der Waals surface area contributed by atoms with Gasteiger partial charge in [0.25, 0.3) is 11.8 Å². The van der Waals surface area contributed by atoms with Crippen molar-refractivity contribution < 1.29 is 14.1 Å². The summed E-state index contributed by atoms with van der Waals surface area (Å²) in [5.74, 6) is 0.624. The standard InChI is InChI=1S/C22H25N3O3S/c1-4-7-16-12-19(23-28-16)22(27)25-11-10-24(14(2)15(25)3)21(26)18-13-29-20-9-6-5-8-17(18)20/h5-6,8-9,12-15H,4,7,10-11H2,1-3H3/t14-,15-/m1/s1. The number of amides is 2. The van der Waals surface area contributed by atoms with Crippen molar-refractivity contribution in [3.63, 3.8) is 0 Å². The average molecular weight is 412 g/mol. The molecule has 2 atom stereocenters. The summed E-state index contributed by atoms with van der Waals surface area (Å²) in [4.78, 5) is 29.9. The molecule has 0 unspecified atom stereocenters. The minimum Gasteiger partial charge on any atom is -0.361 e. The van der Waals surface area contributed by atoms with Gasteiger partial charge in [0, 0.05) is 53.1 Å².